The van der Waals surface area contributed by atoms with Crippen LogP contribution >= 0.6 is 31.9 Å². The topological polar surface area (TPSA) is 37.8 Å². The molecule has 2 rings (SSSR count). The predicted molar refractivity (Wildman–Crippen MR) is 67.2 cm³/mol. The molecule has 76 valence electrons. The van der Waals surface area contributed by atoms with E-state index in [2.05, 4.69) is 47.1 Å². The highest BCUT2D eigenvalue weighted by molar-refractivity contribution is 9.11. The van der Waals surface area contributed by atoms with Crippen LogP contribution in [0.25, 0.3) is 0 Å². The zero-order chi connectivity index (χ0) is 10.7. The minimum atomic E-state index is 0.770. The Balaban J connectivity index is 2.25. The third-order valence-corrected chi connectivity index (χ3v) is 2.77. The van der Waals surface area contributed by atoms with Crippen LogP contribution in [0.1, 0.15) is 0 Å². The van der Waals surface area contributed by atoms with Crippen LogP contribution in [-0.4, -0.2) is 9.97 Å². The first kappa shape index (κ1) is 10.6. The second kappa shape index (κ2) is 4.72. The molecule has 2 aromatic rings. The Morgan fingerprint density at radius 2 is 2.07 bits per heavy atom. The second-order valence-corrected chi connectivity index (χ2v) is 4.62. The molecule has 0 amide bonds. The fourth-order valence-corrected chi connectivity index (χ4v) is 2.17. The van der Waals surface area contributed by atoms with Gasteiger partial charge in [-0.3, -0.25) is 4.98 Å². The molecular formula is C10H7Br2N3. The van der Waals surface area contributed by atoms with Crippen LogP contribution in [0.15, 0.2) is 45.7 Å². The van der Waals surface area contributed by atoms with E-state index in [0.717, 1.165) is 20.5 Å². The van der Waals surface area contributed by atoms with Crippen LogP contribution in [0, 0.1) is 0 Å². The number of nitrogens with zero attached hydrogens (tertiary/aromatic N) is 2. The van der Waals surface area contributed by atoms with Crippen LogP contribution in [0.3, 0.4) is 0 Å². The second-order valence-electron chi connectivity index (χ2n) is 2.85. The van der Waals surface area contributed by atoms with E-state index in [-0.39, 0.29) is 0 Å². The average molecular weight is 329 g/mol. The van der Waals surface area contributed by atoms with Crippen molar-refractivity contribution in [2.24, 2.45) is 0 Å². The zero-order valence-electron chi connectivity index (χ0n) is 7.61. The van der Waals surface area contributed by atoms with Crippen molar-refractivity contribution in [3.63, 3.8) is 0 Å². The highest BCUT2D eigenvalue weighted by Crippen LogP contribution is 2.25. The molecule has 2 heterocycles. The maximum absolute atomic E-state index is 4.24. The van der Waals surface area contributed by atoms with Crippen molar-refractivity contribution >= 4 is 43.4 Å². The van der Waals surface area contributed by atoms with Gasteiger partial charge < -0.3 is 5.32 Å². The highest BCUT2D eigenvalue weighted by Gasteiger charge is 2.02. The van der Waals surface area contributed by atoms with Crippen molar-refractivity contribution in [3.8, 4) is 0 Å². The SMILES string of the molecule is Brc1cnc(Nc2cccnc2)c(Br)c1. The van der Waals surface area contributed by atoms with Gasteiger partial charge in [-0.05, 0) is 50.1 Å². The molecule has 0 unspecified atom stereocenters. The maximum Gasteiger partial charge on any atom is 0.144 e. The number of halogens is 2. The lowest BCUT2D eigenvalue weighted by atomic mass is 10.4. The van der Waals surface area contributed by atoms with Gasteiger partial charge in [0.05, 0.1) is 16.4 Å². The van der Waals surface area contributed by atoms with Crippen LogP contribution in [0.4, 0.5) is 11.5 Å². The minimum absolute atomic E-state index is 0.770. The summed E-state index contributed by atoms with van der Waals surface area (Å²) in [6.45, 7) is 0. The number of hydrogen-bond acceptors (Lipinski definition) is 3. The largest absolute Gasteiger partial charge is 0.338 e. The van der Waals surface area contributed by atoms with Crippen LogP contribution in [0.5, 0.6) is 0 Å². The summed E-state index contributed by atoms with van der Waals surface area (Å²) >= 11 is 6.78. The minimum Gasteiger partial charge on any atom is -0.338 e. The van der Waals surface area contributed by atoms with Gasteiger partial charge in [0.25, 0.3) is 0 Å². The molecule has 0 bridgehead atoms. The van der Waals surface area contributed by atoms with E-state index in [4.69, 9.17) is 0 Å². The number of rotatable bonds is 2. The molecule has 5 heteroatoms. The van der Waals surface area contributed by atoms with Gasteiger partial charge in [0.2, 0.25) is 0 Å². The van der Waals surface area contributed by atoms with Gasteiger partial charge in [-0.2, -0.15) is 0 Å². The quantitative estimate of drug-likeness (QED) is 0.912. The molecule has 0 aliphatic carbocycles. The van der Waals surface area contributed by atoms with Gasteiger partial charge >= 0.3 is 0 Å². The first-order chi connectivity index (χ1) is 7.25. The Hall–Kier alpha value is -0.940. The van der Waals surface area contributed by atoms with Gasteiger partial charge in [-0.1, -0.05) is 0 Å². The molecule has 0 radical (unpaired) electrons. The molecule has 0 saturated carbocycles. The Kier molecular flexibility index (Phi) is 3.33. The average Bonchev–Trinajstić information content (AvgIpc) is 2.24. The summed E-state index contributed by atoms with van der Waals surface area (Å²) in [5, 5.41) is 3.16. The lowest BCUT2D eigenvalue weighted by Crippen LogP contribution is -1.94. The van der Waals surface area contributed by atoms with Gasteiger partial charge in [-0.15, -0.1) is 0 Å². The zero-order valence-corrected chi connectivity index (χ0v) is 10.8. The fraction of sp³-hybridized carbons (Fsp3) is 0. The molecule has 0 spiro atoms. The Morgan fingerprint density at radius 3 is 2.73 bits per heavy atom. The van der Waals surface area contributed by atoms with E-state index >= 15 is 0 Å². The Labute approximate surface area is 104 Å². The smallest absolute Gasteiger partial charge is 0.144 e. The van der Waals surface area contributed by atoms with Crippen molar-refractivity contribution in [2.45, 2.75) is 0 Å². The van der Waals surface area contributed by atoms with E-state index in [0.29, 0.717) is 0 Å². The highest BCUT2D eigenvalue weighted by atomic mass is 79.9. The predicted octanol–water partition coefficient (Wildman–Crippen LogP) is 3.75. The van der Waals surface area contributed by atoms with Crippen molar-refractivity contribution < 1.29 is 0 Å². The Morgan fingerprint density at radius 1 is 1.20 bits per heavy atom. The van der Waals surface area contributed by atoms with E-state index in [1.807, 2.05) is 18.2 Å². The monoisotopic (exact) mass is 327 g/mol. The molecule has 0 aliphatic rings. The van der Waals surface area contributed by atoms with E-state index < -0.39 is 0 Å². The molecule has 0 aliphatic heterocycles. The van der Waals surface area contributed by atoms with E-state index in [9.17, 15) is 0 Å². The van der Waals surface area contributed by atoms with E-state index in [1.165, 1.54) is 0 Å². The standard InChI is InChI=1S/C10H7Br2N3/c11-7-4-9(12)10(14-5-7)15-8-2-1-3-13-6-8/h1-6H,(H,14,15). The first-order valence-electron chi connectivity index (χ1n) is 4.24. The van der Waals surface area contributed by atoms with Crippen LogP contribution < -0.4 is 5.32 Å². The number of hydrogen-bond donors (Lipinski definition) is 1. The van der Waals surface area contributed by atoms with E-state index in [1.54, 1.807) is 18.6 Å². The van der Waals surface area contributed by atoms with Crippen molar-refractivity contribution in [3.05, 3.63) is 45.7 Å². The summed E-state index contributed by atoms with van der Waals surface area (Å²) in [5.74, 6) is 0.770. The summed E-state index contributed by atoms with van der Waals surface area (Å²) in [5.41, 5.74) is 0.910. The summed E-state index contributed by atoms with van der Waals surface area (Å²) in [6, 6.07) is 5.74. The lowest BCUT2D eigenvalue weighted by molar-refractivity contribution is 1.26. The normalized spacial score (nSPS) is 10.0. The van der Waals surface area contributed by atoms with Gasteiger partial charge in [-0.25, -0.2) is 4.98 Å². The van der Waals surface area contributed by atoms with Crippen LogP contribution in [0.2, 0.25) is 0 Å². The summed E-state index contributed by atoms with van der Waals surface area (Å²) in [4.78, 5) is 8.25. The molecular weight excluding hydrogens is 322 g/mol. The van der Waals surface area contributed by atoms with Gasteiger partial charge in [0.1, 0.15) is 5.82 Å². The van der Waals surface area contributed by atoms with Gasteiger partial charge in [0, 0.05) is 16.9 Å². The number of anilines is 2. The third kappa shape index (κ3) is 2.76. The molecule has 0 fully saturated rings. The molecule has 1 N–H and O–H groups in total. The van der Waals surface area contributed by atoms with Crippen LogP contribution in [-0.2, 0) is 0 Å². The summed E-state index contributed by atoms with van der Waals surface area (Å²) < 4.78 is 1.84. The fourth-order valence-electron chi connectivity index (χ4n) is 1.08. The summed E-state index contributed by atoms with van der Waals surface area (Å²) in [7, 11) is 0. The molecule has 0 aromatic carbocycles. The number of aromatic nitrogens is 2. The molecule has 2 aromatic heterocycles. The van der Waals surface area contributed by atoms with Gasteiger partial charge in [0.15, 0.2) is 0 Å². The molecule has 0 atom stereocenters. The summed E-state index contributed by atoms with van der Waals surface area (Å²) in [6.07, 6.45) is 5.22. The van der Waals surface area contributed by atoms with Crippen molar-refractivity contribution in [1.82, 2.24) is 9.97 Å². The Bertz CT molecular complexity index is 459. The maximum atomic E-state index is 4.24. The number of pyridine rings is 2. The molecule has 3 nitrogen and oxygen atoms in total. The lowest BCUT2D eigenvalue weighted by Gasteiger charge is -2.06. The third-order valence-electron chi connectivity index (χ3n) is 1.73. The van der Waals surface area contributed by atoms with Crippen molar-refractivity contribution in [2.75, 3.05) is 5.32 Å². The number of nitrogens with one attached hydrogen (secondary N) is 1. The molecule has 0 saturated heterocycles. The molecule has 15 heavy (non-hydrogen) atoms. The van der Waals surface area contributed by atoms with Crippen molar-refractivity contribution in [1.29, 1.82) is 0 Å². The first-order valence-corrected chi connectivity index (χ1v) is 5.82.